The zero-order valence-electron chi connectivity index (χ0n) is 19.6. The fourth-order valence-corrected chi connectivity index (χ4v) is 5.52. The molecule has 2 amide bonds. The van der Waals surface area contributed by atoms with Crippen LogP contribution in [0.3, 0.4) is 0 Å². The van der Waals surface area contributed by atoms with Crippen molar-refractivity contribution in [2.45, 2.75) is 57.9 Å². The second-order valence-corrected chi connectivity index (χ2v) is 10.5. The number of rotatable bonds is 5. The van der Waals surface area contributed by atoms with Gasteiger partial charge in [0.1, 0.15) is 0 Å². The molecule has 1 aliphatic carbocycles. The Morgan fingerprint density at radius 2 is 1.94 bits per heavy atom. The minimum atomic E-state index is -0.133. The minimum absolute atomic E-state index is 0.0312. The van der Waals surface area contributed by atoms with Crippen molar-refractivity contribution in [1.82, 2.24) is 20.2 Å². The van der Waals surface area contributed by atoms with Crippen LogP contribution in [0.5, 0.6) is 0 Å². The summed E-state index contributed by atoms with van der Waals surface area (Å²) in [5.74, 6) is 0.887. The number of anilines is 1. The van der Waals surface area contributed by atoms with Gasteiger partial charge < -0.3 is 15.1 Å². The van der Waals surface area contributed by atoms with Crippen LogP contribution in [0.15, 0.2) is 36.5 Å². The van der Waals surface area contributed by atoms with Gasteiger partial charge in [0.25, 0.3) is 0 Å². The van der Waals surface area contributed by atoms with Gasteiger partial charge in [-0.3, -0.25) is 9.59 Å². The van der Waals surface area contributed by atoms with Crippen LogP contribution in [0.1, 0.15) is 68.3 Å². The third-order valence-corrected chi connectivity index (χ3v) is 7.21. The highest BCUT2D eigenvalue weighted by Gasteiger charge is 2.36. The summed E-state index contributed by atoms with van der Waals surface area (Å²) in [4.78, 5) is 39.1. The average Bonchev–Trinajstić information content (AvgIpc) is 3.44. The second-order valence-electron chi connectivity index (χ2n) is 10.5. The van der Waals surface area contributed by atoms with Gasteiger partial charge in [-0.25, -0.2) is 9.97 Å². The first-order chi connectivity index (χ1) is 15.9. The van der Waals surface area contributed by atoms with Crippen LogP contribution in [0, 0.1) is 5.41 Å². The van der Waals surface area contributed by atoms with E-state index in [1.807, 2.05) is 24.4 Å². The van der Waals surface area contributed by atoms with Gasteiger partial charge in [-0.1, -0.05) is 44.2 Å². The van der Waals surface area contributed by atoms with Gasteiger partial charge in [-0.05, 0) is 36.7 Å². The van der Waals surface area contributed by atoms with Gasteiger partial charge in [0.2, 0.25) is 17.8 Å². The van der Waals surface area contributed by atoms with Crippen molar-refractivity contribution >= 4 is 17.8 Å². The summed E-state index contributed by atoms with van der Waals surface area (Å²) in [6.07, 6.45) is 6.45. The molecular weight excluding hydrogens is 414 g/mol. The van der Waals surface area contributed by atoms with Crippen LogP contribution >= 0.6 is 0 Å². The normalized spacial score (nSPS) is 24.1. The Labute approximate surface area is 195 Å². The molecular formula is C26H33N5O2. The Balaban J connectivity index is 1.27. The van der Waals surface area contributed by atoms with Crippen LogP contribution in [0.2, 0.25) is 0 Å². The summed E-state index contributed by atoms with van der Waals surface area (Å²) in [6, 6.07) is 9.94. The van der Waals surface area contributed by atoms with Gasteiger partial charge >= 0.3 is 0 Å². The molecule has 0 bridgehead atoms. The zero-order chi connectivity index (χ0) is 23.0. The second kappa shape index (κ2) is 8.76. The molecule has 3 aliphatic rings. The fraction of sp³-hybridized carbons (Fsp3) is 0.538. The van der Waals surface area contributed by atoms with Gasteiger partial charge in [-0.15, -0.1) is 0 Å². The Morgan fingerprint density at radius 3 is 2.70 bits per heavy atom. The fourth-order valence-electron chi connectivity index (χ4n) is 5.52. The number of hydrogen-bond donors (Lipinski definition) is 1. The molecule has 7 heteroatoms. The molecule has 2 atom stereocenters. The van der Waals surface area contributed by atoms with Gasteiger partial charge in [-0.2, -0.15) is 0 Å². The molecule has 0 unspecified atom stereocenters. The van der Waals surface area contributed by atoms with Gasteiger partial charge in [0, 0.05) is 43.7 Å². The molecule has 0 radical (unpaired) electrons. The molecule has 1 aromatic carbocycles. The first kappa shape index (κ1) is 21.9. The first-order valence-corrected chi connectivity index (χ1v) is 12.1. The number of nitrogens with one attached hydrogen (secondary N) is 1. The number of amides is 2. The van der Waals surface area contributed by atoms with Crippen LogP contribution < -0.4 is 10.2 Å². The lowest BCUT2D eigenvalue weighted by Crippen LogP contribution is -2.42. The van der Waals surface area contributed by atoms with Crippen molar-refractivity contribution < 1.29 is 9.59 Å². The number of carbonyl (C=O) groups is 2. The SMILES string of the molecule is CC1(C)Cc2nc(N3CCCC3)ncc2[C@H](NC(=O)CN2C[C@@H](c3ccccc3)CC2=O)C1. The number of fused-ring (bicyclic) bond motifs is 1. The molecule has 33 heavy (non-hydrogen) atoms. The summed E-state index contributed by atoms with van der Waals surface area (Å²) in [5.41, 5.74) is 3.24. The summed E-state index contributed by atoms with van der Waals surface area (Å²) >= 11 is 0. The number of hydrogen-bond acceptors (Lipinski definition) is 5. The maximum Gasteiger partial charge on any atom is 0.240 e. The van der Waals surface area contributed by atoms with Crippen LogP contribution in [0.4, 0.5) is 5.95 Å². The van der Waals surface area contributed by atoms with E-state index in [-0.39, 0.29) is 35.7 Å². The van der Waals surface area contributed by atoms with Gasteiger partial charge in [0.15, 0.2) is 0 Å². The smallest absolute Gasteiger partial charge is 0.240 e. The highest BCUT2D eigenvalue weighted by atomic mass is 16.2. The van der Waals surface area contributed by atoms with Crippen LogP contribution in [0.25, 0.3) is 0 Å². The van der Waals surface area contributed by atoms with E-state index in [2.05, 4.69) is 41.2 Å². The number of nitrogens with zero attached hydrogens (tertiary/aromatic N) is 4. The molecule has 7 nitrogen and oxygen atoms in total. The molecule has 174 valence electrons. The number of likely N-dealkylation sites (tertiary alicyclic amines) is 1. The van der Waals surface area contributed by atoms with Crippen molar-refractivity contribution in [3.8, 4) is 0 Å². The molecule has 1 N–H and O–H groups in total. The lowest BCUT2D eigenvalue weighted by molar-refractivity contribution is -0.133. The number of carbonyl (C=O) groups excluding carboxylic acids is 2. The molecule has 2 aliphatic heterocycles. The molecule has 2 aromatic rings. The summed E-state index contributed by atoms with van der Waals surface area (Å²) in [6.45, 7) is 7.15. The van der Waals surface area contributed by atoms with Crippen LogP contribution in [-0.2, 0) is 16.0 Å². The lowest BCUT2D eigenvalue weighted by Gasteiger charge is -2.37. The molecule has 0 saturated carbocycles. The van der Waals surface area contributed by atoms with Crippen molar-refractivity contribution in [3.05, 3.63) is 53.3 Å². The lowest BCUT2D eigenvalue weighted by atomic mass is 9.74. The summed E-state index contributed by atoms with van der Waals surface area (Å²) < 4.78 is 0. The third kappa shape index (κ3) is 4.72. The van der Waals surface area contributed by atoms with E-state index in [4.69, 9.17) is 4.98 Å². The van der Waals surface area contributed by atoms with Crippen molar-refractivity contribution in [2.24, 2.45) is 5.41 Å². The molecule has 5 rings (SSSR count). The molecule has 3 heterocycles. The predicted molar refractivity (Wildman–Crippen MR) is 127 cm³/mol. The van der Waals surface area contributed by atoms with Gasteiger partial charge in [0.05, 0.1) is 18.3 Å². The maximum atomic E-state index is 13.0. The zero-order valence-corrected chi connectivity index (χ0v) is 19.6. The molecule has 0 spiro atoms. The topological polar surface area (TPSA) is 78.4 Å². The maximum absolute atomic E-state index is 13.0. The van der Waals surface area contributed by atoms with Crippen molar-refractivity contribution in [2.75, 3.05) is 31.1 Å². The van der Waals surface area contributed by atoms with E-state index in [0.717, 1.165) is 48.7 Å². The average molecular weight is 448 g/mol. The number of aromatic nitrogens is 2. The molecule has 2 fully saturated rings. The molecule has 2 saturated heterocycles. The third-order valence-electron chi connectivity index (χ3n) is 7.21. The Hall–Kier alpha value is -2.96. The monoisotopic (exact) mass is 447 g/mol. The van der Waals surface area contributed by atoms with E-state index in [9.17, 15) is 9.59 Å². The van der Waals surface area contributed by atoms with E-state index in [1.54, 1.807) is 4.90 Å². The van der Waals surface area contributed by atoms with E-state index in [0.29, 0.717) is 13.0 Å². The standard InChI is InChI=1S/C26H33N5O2/c1-26(2)13-21(20-15-27-25(29-22(20)14-26)30-10-6-7-11-30)28-23(32)17-31-16-19(12-24(31)33)18-8-4-3-5-9-18/h3-5,8-9,15,19,21H,6-7,10-14,16-17H2,1-2H3,(H,28,32)/t19-,21+/m0/s1. The van der Waals surface area contributed by atoms with E-state index in [1.165, 1.54) is 12.8 Å². The number of benzene rings is 1. The molecule has 1 aromatic heterocycles. The van der Waals surface area contributed by atoms with E-state index >= 15 is 0 Å². The van der Waals surface area contributed by atoms with Crippen molar-refractivity contribution in [1.29, 1.82) is 0 Å². The largest absolute Gasteiger partial charge is 0.348 e. The summed E-state index contributed by atoms with van der Waals surface area (Å²) in [7, 11) is 0. The minimum Gasteiger partial charge on any atom is -0.348 e. The first-order valence-electron chi connectivity index (χ1n) is 12.1. The highest BCUT2D eigenvalue weighted by molar-refractivity contribution is 5.86. The Bertz CT molecular complexity index is 1030. The van der Waals surface area contributed by atoms with Crippen molar-refractivity contribution in [3.63, 3.8) is 0 Å². The Morgan fingerprint density at radius 1 is 1.18 bits per heavy atom. The van der Waals surface area contributed by atoms with Crippen LogP contribution in [-0.4, -0.2) is 52.9 Å². The Kier molecular flexibility index (Phi) is 5.81. The highest BCUT2D eigenvalue weighted by Crippen LogP contribution is 2.40. The van der Waals surface area contributed by atoms with E-state index < -0.39 is 0 Å². The predicted octanol–water partition coefficient (Wildman–Crippen LogP) is 3.22. The summed E-state index contributed by atoms with van der Waals surface area (Å²) in [5, 5.41) is 3.20. The quantitative estimate of drug-likeness (QED) is 0.761.